The summed E-state index contributed by atoms with van der Waals surface area (Å²) in [6.07, 6.45) is 5.39. The van der Waals surface area contributed by atoms with E-state index in [0.29, 0.717) is 15.9 Å². The average molecular weight is 310 g/mol. The summed E-state index contributed by atoms with van der Waals surface area (Å²) in [7, 11) is 0. The number of benzene rings is 2. The van der Waals surface area contributed by atoms with Gasteiger partial charge in [-0.25, -0.2) is 4.79 Å². The summed E-state index contributed by atoms with van der Waals surface area (Å²) >= 11 is 5.85. The van der Waals surface area contributed by atoms with Gasteiger partial charge in [-0.3, -0.25) is 4.98 Å². The number of hydrogen-bond acceptors (Lipinski definition) is 2. The summed E-state index contributed by atoms with van der Waals surface area (Å²) < 4.78 is 0. The van der Waals surface area contributed by atoms with Crippen molar-refractivity contribution in [2.24, 2.45) is 0 Å². The lowest BCUT2D eigenvalue weighted by atomic mass is 10.1. The third-order valence-electron chi connectivity index (χ3n) is 3.33. The maximum Gasteiger partial charge on any atom is 0.336 e. The van der Waals surface area contributed by atoms with E-state index in [1.54, 1.807) is 0 Å². The highest BCUT2D eigenvalue weighted by atomic mass is 35.5. The number of carbonyl (C=O) groups is 1. The molecular weight excluding hydrogens is 298 g/mol. The number of aromatic nitrogens is 1. The monoisotopic (exact) mass is 309 g/mol. The van der Waals surface area contributed by atoms with Crippen molar-refractivity contribution < 1.29 is 9.90 Å². The molecule has 0 radical (unpaired) electrons. The largest absolute Gasteiger partial charge is 0.478 e. The molecule has 1 aromatic heterocycles. The summed E-state index contributed by atoms with van der Waals surface area (Å²) in [6.45, 7) is 0. The first-order valence-electron chi connectivity index (χ1n) is 6.69. The number of carboxylic acid groups (broad SMARTS) is 1. The molecule has 0 saturated heterocycles. The van der Waals surface area contributed by atoms with E-state index in [4.69, 9.17) is 11.6 Å². The Kier molecular flexibility index (Phi) is 3.90. The Morgan fingerprint density at radius 3 is 2.41 bits per heavy atom. The molecule has 1 N–H and O–H groups in total. The molecule has 3 aromatic rings. The van der Waals surface area contributed by atoms with Crippen molar-refractivity contribution in [2.45, 2.75) is 0 Å². The van der Waals surface area contributed by atoms with Crippen LogP contribution in [0.4, 0.5) is 0 Å². The quantitative estimate of drug-likeness (QED) is 0.710. The van der Waals surface area contributed by atoms with Gasteiger partial charge >= 0.3 is 5.97 Å². The minimum absolute atomic E-state index is 0.256. The van der Waals surface area contributed by atoms with Crippen LogP contribution in [0.2, 0.25) is 5.02 Å². The van der Waals surface area contributed by atoms with Crippen molar-refractivity contribution in [2.75, 3.05) is 0 Å². The Balaban J connectivity index is 1.99. The van der Waals surface area contributed by atoms with Gasteiger partial charge in [-0.2, -0.15) is 0 Å². The molecule has 0 unspecified atom stereocenters. The average Bonchev–Trinajstić information content (AvgIpc) is 2.53. The van der Waals surface area contributed by atoms with Gasteiger partial charge in [0.25, 0.3) is 0 Å². The van der Waals surface area contributed by atoms with Crippen LogP contribution in [-0.2, 0) is 0 Å². The molecule has 0 fully saturated rings. The molecule has 0 amide bonds. The zero-order valence-corrected chi connectivity index (χ0v) is 12.3. The standard InChI is InChI=1S/C18H12ClNO2/c19-14-6-3-12(4-7-14)1-2-13-5-8-17-16(11-13)15(18(21)22)9-10-20-17/h1-11H,(H,21,22). The lowest BCUT2D eigenvalue weighted by molar-refractivity contribution is 0.0699. The van der Waals surface area contributed by atoms with E-state index in [0.717, 1.165) is 11.1 Å². The van der Waals surface area contributed by atoms with Crippen LogP contribution < -0.4 is 0 Å². The highest BCUT2D eigenvalue weighted by molar-refractivity contribution is 6.30. The zero-order chi connectivity index (χ0) is 15.5. The van der Waals surface area contributed by atoms with Crippen molar-refractivity contribution in [3.05, 3.63) is 76.4 Å². The molecule has 0 atom stereocenters. The van der Waals surface area contributed by atoms with Crippen LogP contribution in [-0.4, -0.2) is 16.1 Å². The van der Waals surface area contributed by atoms with Crippen molar-refractivity contribution in [1.29, 1.82) is 0 Å². The fourth-order valence-corrected chi connectivity index (χ4v) is 2.35. The van der Waals surface area contributed by atoms with Gasteiger partial charge in [0.2, 0.25) is 0 Å². The van der Waals surface area contributed by atoms with Crippen molar-refractivity contribution in [3.8, 4) is 0 Å². The molecule has 0 aliphatic heterocycles. The maximum atomic E-state index is 11.3. The van der Waals surface area contributed by atoms with Crippen LogP contribution in [0.25, 0.3) is 23.1 Å². The van der Waals surface area contributed by atoms with E-state index in [9.17, 15) is 9.90 Å². The minimum Gasteiger partial charge on any atom is -0.478 e. The Morgan fingerprint density at radius 2 is 1.68 bits per heavy atom. The van der Waals surface area contributed by atoms with Gasteiger partial charge in [0.05, 0.1) is 11.1 Å². The molecule has 0 saturated carbocycles. The number of hydrogen-bond donors (Lipinski definition) is 1. The van der Waals surface area contributed by atoms with Crippen molar-refractivity contribution in [3.63, 3.8) is 0 Å². The topological polar surface area (TPSA) is 50.2 Å². The van der Waals surface area contributed by atoms with Crippen LogP contribution in [0.15, 0.2) is 54.7 Å². The lowest BCUT2D eigenvalue weighted by Gasteiger charge is -2.03. The maximum absolute atomic E-state index is 11.3. The van der Waals surface area contributed by atoms with Gasteiger partial charge in [-0.1, -0.05) is 42.0 Å². The van der Waals surface area contributed by atoms with Crippen LogP contribution in [0, 0.1) is 0 Å². The van der Waals surface area contributed by atoms with Gasteiger partial charge < -0.3 is 5.11 Å². The number of fused-ring (bicyclic) bond motifs is 1. The van der Waals surface area contributed by atoms with Crippen molar-refractivity contribution >= 4 is 40.6 Å². The smallest absolute Gasteiger partial charge is 0.336 e. The van der Waals surface area contributed by atoms with Crippen LogP contribution in [0.1, 0.15) is 21.5 Å². The number of rotatable bonds is 3. The van der Waals surface area contributed by atoms with E-state index >= 15 is 0 Å². The molecule has 2 aromatic carbocycles. The summed E-state index contributed by atoms with van der Waals surface area (Å²) in [5.41, 5.74) is 2.86. The Bertz CT molecular complexity index is 870. The highest BCUT2D eigenvalue weighted by Crippen LogP contribution is 2.20. The predicted octanol–water partition coefficient (Wildman–Crippen LogP) is 4.76. The third kappa shape index (κ3) is 3.00. The second-order valence-electron chi connectivity index (χ2n) is 4.83. The molecule has 3 nitrogen and oxygen atoms in total. The molecule has 3 rings (SSSR count). The third-order valence-corrected chi connectivity index (χ3v) is 3.59. The van der Waals surface area contributed by atoms with E-state index in [1.807, 2.05) is 54.6 Å². The van der Waals surface area contributed by atoms with E-state index in [-0.39, 0.29) is 5.56 Å². The Morgan fingerprint density at radius 1 is 1.00 bits per heavy atom. The number of pyridine rings is 1. The SMILES string of the molecule is O=C(O)c1ccnc2ccc(C=Cc3ccc(Cl)cc3)cc12. The molecule has 0 spiro atoms. The van der Waals surface area contributed by atoms with E-state index in [1.165, 1.54) is 12.3 Å². The number of carboxylic acids is 1. The predicted molar refractivity (Wildman–Crippen MR) is 89.1 cm³/mol. The van der Waals surface area contributed by atoms with Gasteiger partial charge in [0.15, 0.2) is 0 Å². The van der Waals surface area contributed by atoms with Gasteiger partial charge in [0.1, 0.15) is 0 Å². The Labute approximate surface area is 132 Å². The number of nitrogens with zero attached hydrogens (tertiary/aromatic N) is 1. The second kappa shape index (κ2) is 6.00. The molecule has 1 heterocycles. The molecule has 0 bridgehead atoms. The van der Waals surface area contributed by atoms with Crippen LogP contribution in [0.3, 0.4) is 0 Å². The van der Waals surface area contributed by atoms with Gasteiger partial charge in [-0.15, -0.1) is 0 Å². The minimum atomic E-state index is -0.953. The lowest BCUT2D eigenvalue weighted by Crippen LogP contribution is -1.98. The first-order chi connectivity index (χ1) is 10.6. The van der Waals surface area contributed by atoms with E-state index in [2.05, 4.69) is 4.98 Å². The first kappa shape index (κ1) is 14.3. The molecule has 108 valence electrons. The molecular formula is C18H12ClNO2. The fourth-order valence-electron chi connectivity index (χ4n) is 2.22. The van der Waals surface area contributed by atoms with Crippen molar-refractivity contribution in [1.82, 2.24) is 4.98 Å². The second-order valence-corrected chi connectivity index (χ2v) is 5.26. The highest BCUT2D eigenvalue weighted by Gasteiger charge is 2.08. The summed E-state index contributed by atoms with van der Waals surface area (Å²) in [6, 6.07) is 14.6. The molecule has 4 heteroatoms. The molecule has 0 aliphatic rings. The first-order valence-corrected chi connectivity index (χ1v) is 7.07. The number of aromatic carboxylic acids is 1. The van der Waals surface area contributed by atoms with Gasteiger partial charge in [-0.05, 0) is 41.5 Å². The van der Waals surface area contributed by atoms with E-state index < -0.39 is 5.97 Å². The molecule has 22 heavy (non-hydrogen) atoms. The summed E-state index contributed by atoms with van der Waals surface area (Å²) in [5, 5.41) is 10.6. The Hall–Kier alpha value is -2.65. The summed E-state index contributed by atoms with van der Waals surface area (Å²) in [5.74, 6) is -0.953. The van der Waals surface area contributed by atoms with Crippen LogP contribution >= 0.6 is 11.6 Å². The van der Waals surface area contributed by atoms with Crippen LogP contribution in [0.5, 0.6) is 0 Å². The van der Waals surface area contributed by atoms with Gasteiger partial charge in [0, 0.05) is 16.6 Å². The summed E-state index contributed by atoms with van der Waals surface area (Å²) in [4.78, 5) is 15.5. The molecule has 0 aliphatic carbocycles. The fraction of sp³-hybridized carbons (Fsp3) is 0. The zero-order valence-electron chi connectivity index (χ0n) is 11.5. The number of halogens is 1. The normalized spacial score (nSPS) is 11.1.